The fourth-order valence-corrected chi connectivity index (χ4v) is 5.80. The third-order valence-corrected chi connectivity index (χ3v) is 7.97. The van der Waals surface area contributed by atoms with Crippen LogP contribution >= 0.6 is 23.1 Å². The van der Waals surface area contributed by atoms with E-state index in [-0.39, 0.29) is 12.5 Å². The van der Waals surface area contributed by atoms with Gasteiger partial charge in [-0.2, -0.15) is 0 Å². The van der Waals surface area contributed by atoms with Crippen LogP contribution in [0.3, 0.4) is 0 Å². The van der Waals surface area contributed by atoms with Crippen LogP contribution < -0.4 is 15.4 Å². The molecule has 36 heavy (non-hydrogen) atoms. The number of piperidine rings is 1. The number of likely N-dealkylation sites (tertiary alicyclic amines) is 1. The highest BCUT2D eigenvalue weighted by atomic mass is 32.2. The quantitative estimate of drug-likeness (QED) is 0.327. The average molecular weight is 533 g/mol. The number of alkyl halides is 2. The molecule has 0 spiro atoms. The van der Waals surface area contributed by atoms with Crippen LogP contribution in [0.1, 0.15) is 22.5 Å². The maximum absolute atomic E-state index is 14.4. The molecule has 0 bridgehead atoms. The number of hydrogen-bond acceptors (Lipinski definition) is 6. The predicted molar refractivity (Wildman–Crippen MR) is 144 cm³/mol. The molecular weight excluding hydrogens is 502 g/mol. The van der Waals surface area contributed by atoms with Crippen LogP contribution in [0.4, 0.5) is 14.5 Å². The Morgan fingerprint density at radius 3 is 2.92 bits per heavy atom. The van der Waals surface area contributed by atoms with Crippen LogP contribution in [-0.4, -0.2) is 74.3 Å². The van der Waals surface area contributed by atoms with Crippen molar-refractivity contribution in [3.8, 4) is 17.6 Å². The number of benzene rings is 1. The Bertz CT molecular complexity index is 1280. The number of carbonyl (C=O) groups excluding carboxylic acids is 1. The fraction of sp³-hybridized carbons (Fsp3) is 0.423. The first-order valence-corrected chi connectivity index (χ1v) is 13.8. The molecule has 1 amide bonds. The van der Waals surface area contributed by atoms with Crippen LogP contribution in [0, 0.1) is 11.8 Å². The van der Waals surface area contributed by atoms with Crippen molar-refractivity contribution in [3.05, 3.63) is 40.9 Å². The van der Waals surface area contributed by atoms with Crippen LogP contribution in [0.15, 0.2) is 34.5 Å². The molecule has 1 saturated heterocycles. The van der Waals surface area contributed by atoms with Crippen molar-refractivity contribution in [3.63, 3.8) is 0 Å². The van der Waals surface area contributed by atoms with Crippen LogP contribution in [0.25, 0.3) is 10.2 Å². The van der Waals surface area contributed by atoms with E-state index in [2.05, 4.69) is 22.5 Å². The second kappa shape index (κ2) is 12.0. The SMILES string of the molecule is COc1cc(SC)ccc1NCC#Cc1cc2c(C(=O)NC3CCN(C)CC3F)csc2n1CCF. The number of ether oxygens (including phenoxy) is 1. The van der Waals surface area contributed by atoms with Crippen molar-refractivity contribution in [2.75, 3.05) is 52.0 Å². The van der Waals surface area contributed by atoms with Gasteiger partial charge in [-0.05, 0) is 49.9 Å². The summed E-state index contributed by atoms with van der Waals surface area (Å²) in [6.45, 7) is 1.00. The number of rotatable bonds is 8. The maximum Gasteiger partial charge on any atom is 0.253 e. The highest BCUT2D eigenvalue weighted by molar-refractivity contribution is 7.98. The number of nitrogens with one attached hydrogen (secondary N) is 2. The lowest BCUT2D eigenvalue weighted by molar-refractivity contribution is 0.0823. The number of aryl methyl sites for hydroxylation is 1. The van der Waals surface area contributed by atoms with Gasteiger partial charge in [0.2, 0.25) is 0 Å². The number of halogens is 2. The van der Waals surface area contributed by atoms with Gasteiger partial charge >= 0.3 is 0 Å². The van der Waals surface area contributed by atoms with Crippen LogP contribution in [-0.2, 0) is 6.54 Å². The van der Waals surface area contributed by atoms with Gasteiger partial charge in [-0.15, -0.1) is 23.1 Å². The molecule has 1 aromatic carbocycles. The molecule has 2 N–H and O–H groups in total. The monoisotopic (exact) mass is 532 g/mol. The van der Waals surface area contributed by atoms with Crippen molar-refractivity contribution in [2.45, 2.75) is 30.1 Å². The highest BCUT2D eigenvalue weighted by Crippen LogP contribution is 2.31. The summed E-state index contributed by atoms with van der Waals surface area (Å²) in [7, 11) is 3.50. The Morgan fingerprint density at radius 1 is 1.36 bits per heavy atom. The lowest BCUT2D eigenvalue weighted by Crippen LogP contribution is -2.51. The first kappa shape index (κ1) is 26.3. The summed E-state index contributed by atoms with van der Waals surface area (Å²) in [6.07, 6.45) is 1.46. The maximum atomic E-state index is 14.4. The van der Waals surface area contributed by atoms with E-state index in [1.807, 2.05) is 42.5 Å². The molecule has 2 atom stereocenters. The Hall–Kier alpha value is -2.74. The normalized spacial score (nSPS) is 18.0. The topological polar surface area (TPSA) is 58.5 Å². The minimum Gasteiger partial charge on any atom is -0.495 e. The van der Waals surface area contributed by atoms with Crippen molar-refractivity contribution >= 4 is 44.9 Å². The summed E-state index contributed by atoms with van der Waals surface area (Å²) in [4.78, 5) is 16.8. The van der Waals surface area contributed by atoms with E-state index in [4.69, 9.17) is 4.74 Å². The summed E-state index contributed by atoms with van der Waals surface area (Å²) in [5.41, 5.74) is 1.94. The zero-order valence-corrected chi connectivity index (χ0v) is 22.2. The van der Waals surface area contributed by atoms with E-state index in [0.717, 1.165) is 27.7 Å². The van der Waals surface area contributed by atoms with Gasteiger partial charge in [0.15, 0.2) is 0 Å². The minimum atomic E-state index is -1.11. The van der Waals surface area contributed by atoms with Crippen molar-refractivity contribution in [1.29, 1.82) is 0 Å². The van der Waals surface area contributed by atoms with E-state index >= 15 is 0 Å². The van der Waals surface area contributed by atoms with E-state index in [9.17, 15) is 13.6 Å². The van der Waals surface area contributed by atoms with Crippen molar-refractivity contribution < 1.29 is 18.3 Å². The zero-order valence-electron chi connectivity index (χ0n) is 20.6. The molecule has 0 radical (unpaired) electrons. The van der Waals surface area contributed by atoms with Crippen molar-refractivity contribution in [2.24, 2.45) is 0 Å². The van der Waals surface area contributed by atoms with Gasteiger partial charge in [0.1, 0.15) is 23.4 Å². The molecule has 1 aliphatic rings. The molecular formula is C26H30F2N4O2S2. The number of anilines is 1. The molecule has 0 saturated carbocycles. The largest absolute Gasteiger partial charge is 0.495 e. The number of fused-ring (bicyclic) bond motifs is 1. The lowest BCUT2D eigenvalue weighted by atomic mass is 10.0. The lowest BCUT2D eigenvalue weighted by Gasteiger charge is -2.32. The third-order valence-electron chi connectivity index (χ3n) is 6.23. The third kappa shape index (κ3) is 5.80. The Kier molecular flexibility index (Phi) is 8.77. The number of carbonyl (C=O) groups is 1. The molecule has 3 aromatic rings. The molecule has 6 nitrogen and oxygen atoms in total. The molecule has 0 aliphatic carbocycles. The zero-order chi connectivity index (χ0) is 25.7. The fourth-order valence-electron chi connectivity index (χ4n) is 4.30. The van der Waals surface area contributed by atoms with Gasteiger partial charge in [-0.1, -0.05) is 5.92 Å². The minimum absolute atomic E-state index is 0.147. The summed E-state index contributed by atoms with van der Waals surface area (Å²) in [6, 6.07) is 7.23. The molecule has 2 aromatic heterocycles. The predicted octanol–water partition coefficient (Wildman–Crippen LogP) is 4.64. The van der Waals surface area contributed by atoms with Gasteiger partial charge in [-0.25, -0.2) is 8.78 Å². The first-order chi connectivity index (χ1) is 17.4. The Balaban J connectivity index is 1.51. The second-order valence-corrected chi connectivity index (χ2v) is 10.3. The molecule has 10 heteroatoms. The van der Waals surface area contributed by atoms with E-state index in [1.165, 1.54) is 11.3 Å². The number of thiophene rings is 1. The van der Waals surface area contributed by atoms with Gasteiger partial charge < -0.3 is 24.8 Å². The smallest absolute Gasteiger partial charge is 0.253 e. The van der Waals surface area contributed by atoms with Gasteiger partial charge in [0.25, 0.3) is 5.91 Å². The molecule has 1 aliphatic heterocycles. The first-order valence-electron chi connectivity index (χ1n) is 11.7. The summed E-state index contributed by atoms with van der Waals surface area (Å²) in [5, 5.41) is 8.57. The molecule has 2 unspecified atom stereocenters. The number of amides is 1. The number of hydrogen-bond donors (Lipinski definition) is 2. The Labute approximate surface area is 218 Å². The standard InChI is InChI=1S/C26H30F2N4O2S2/c1-31-11-8-22(21(28)15-31)30-25(33)20-16-36-26-19(20)13-17(32(26)12-9-27)5-4-10-29-23-7-6-18(35-3)14-24(23)34-2/h6-7,13-14,16,21-22,29H,8-12,15H2,1-3H3,(H,30,33). The van der Waals surface area contributed by atoms with Crippen LogP contribution in [0.2, 0.25) is 0 Å². The molecule has 192 valence electrons. The van der Waals surface area contributed by atoms with Gasteiger partial charge in [0, 0.05) is 28.8 Å². The number of nitrogens with zero attached hydrogens (tertiary/aromatic N) is 2. The second-order valence-electron chi connectivity index (χ2n) is 8.61. The van der Waals surface area contributed by atoms with E-state index in [1.54, 1.807) is 28.8 Å². The Morgan fingerprint density at radius 2 is 2.19 bits per heavy atom. The van der Waals surface area contributed by atoms with Crippen LogP contribution in [0.5, 0.6) is 5.75 Å². The van der Waals surface area contributed by atoms with E-state index < -0.39 is 18.9 Å². The summed E-state index contributed by atoms with van der Waals surface area (Å²) >= 11 is 3.01. The number of thioether (sulfide) groups is 1. The number of aromatic nitrogens is 1. The molecule has 1 fully saturated rings. The number of methoxy groups -OCH3 is 1. The van der Waals surface area contributed by atoms with Gasteiger partial charge in [-0.3, -0.25) is 4.79 Å². The average Bonchev–Trinajstić information content (AvgIpc) is 3.43. The van der Waals surface area contributed by atoms with Crippen molar-refractivity contribution in [1.82, 2.24) is 14.8 Å². The summed E-state index contributed by atoms with van der Waals surface area (Å²) < 4.78 is 35.0. The highest BCUT2D eigenvalue weighted by Gasteiger charge is 2.30. The molecule has 4 rings (SSSR count). The summed E-state index contributed by atoms with van der Waals surface area (Å²) in [5.74, 6) is 6.63. The van der Waals surface area contributed by atoms with Gasteiger partial charge in [0.05, 0.1) is 43.2 Å². The van der Waals surface area contributed by atoms with E-state index in [0.29, 0.717) is 36.2 Å². The molecule has 3 heterocycles.